The molecule has 0 spiro atoms. The molecular formula is C19H21N3O3. The molecule has 0 aromatic heterocycles. The molecule has 1 N–H and O–H groups in total. The lowest BCUT2D eigenvalue weighted by Gasteiger charge is -2.34. The Labute approximate surface area is 147 Å². The van der Waals surface area contributed by atoms with Gasteiger partial charge in [-0.15, -0.1) is 0 Å². The number of hydrogen-bond acceptors (Lipinski definition) is 4. The number of hydrogen-bond donors (Lipinski definition) is 1. The molecule has 0 fully saturated rings. The molecule has 0 unspecified atom stereocenters. The number of carbonyl (C=O) groups is 2. The Balaban J connectivity index is 1.98. The standard InChI is InChI=1S/C19H21N3O3/c1-20-18(23)17-12-22(15-9-4-5-10-16(15)25-17)19(24)13-7-6-8-14(11-13)21(2)3/h4-11,17H,12H2,1-3H3,(H,20,23)/t17-/m1/s1. The van der Waals surface area contributed by atoms with Gasteiger partial charge in [0.05, 0.1) is 12.2 Å². The van der Waals surface area contributed by atoms with Gasteiger partial charge in [0.1, 0.15) is 5.75 Å². The van der Waals surface area contributed by atoms with Gasteiger partial charge in [-0.25, -0.2) is 0 Å². The fraction of sp³-hybridized carbons (Fsp3) is 0.263. The van der Waals surface area contributed by atoms with Crippen molar-refractivity contribution in [1.82, 2.24) is 5.32 Å². The fourth-order valence-corrected chi connectivity index (χ4v) is 2.80. The molecule has 0 saturated carbocycles. The van der Waals surface area contributed by atoms with Crippen molar-refractivity contribution in [2.24, 2.45) is 0 Å². The third kappa shape index (κ3) is 3.28. The largest absolute Gasteiger partial charge is 0.477 e. The highest BCUT2D eigenvalue weighted by Gasteiger charge is 2.33. The molecule has 130 valence electrons. The maximum atomic E-state index is 13.1. The van der Waals surface area contributed by atoms with Crippen LogP contribution in [-0.4, -0.2) is 45.6 Å². The topological polar surface area (TPSA) is 61.9 Å². The van der Waals surface area contributed by atoms with Crippen LogP contribution in [0.25, 0.3) is 0 Å². The van der Waals surface area contributed by atoms with Gasteiger partial charge >= 0.3 is 0 Å². The molecule has 0 radical (unpaired) electrons. The maximum absolute atomic E-state index is 13.1. The number of benzene rings is 2. The first-order chi connectivity index (χ1) is 12.0. The van der Waals surface area contributed by atoms with Crippen molar-refractivity contribution in [3.8, 4) is 5.75 Å². The number of rotatable bonds is 3. The van der Waals surface area contributed by atoms with E-state index in [4.69, 9.17) is 4.74 Å². The smallest absolute Gasteiger partial charge is 0.262 e. The van der Waals surface area contributed by atoms with E-state index in [-0.39, 0.29) is 18.4 Å². The molecule has 2 aromatic rings. The second-order valence-corrected chi connectivity index (χ2v) is 6.05. The monoisotopic (exact) mass is 339 g/mol. The number of ether oxygens (including phenoxy) is 1. The second kappa shape index (κ2) is 6.84. The lowest BCUT2D eigenvalue weighted by Crippen LogP contribution is -2.50. The van der Waals surface area contributed by atoms with E-state index in [0.717, 1.165) is 5.69 Å². The highest BCUT2D eigenvalue weighted by atomic mass is 16.5. The Morgan fingerprint density at radius 2 is 1.92 bits per heavy atom. The molecule has 1 heterocycles. The molecular weight excluding hydrogens is 318 g/mol. The number of nitrogens with one attached hydrogen (secondary N) is 1. The molecule has 0 aliphatic carbocycles. The average molecular weight is 339 g/mol. The molecule has 2 aromatic carbocycles. The Hall–Kier alpha value is -3.02. The molecule has 2 amide bonds. The molecule has 1 atom stereocenters. The van der Waals surface area contributed by atoms with Crippen LogP contribution < -0.4 is 19.9 Å². The number of amides is 2. The van der Waals surface area contributed by atoms with Gasteiger partial charge in [-0.3, -0.25) is 9.59 Å². The van der Waals surface area contributed by atoms with Gasteiger partial charge < -0.3 is 19.9 Å². The summed E-state index contributed by atoms with van der Waals surface area (Å²) >= 11 is 0. The van der Waals surface area contributed by atoms with E-state index < -0.39 is 6.10 Å². The second-order valence-electron chi connectivity index (χ2n) is 6.05. The highest BCUT2D eigenvalue weighted by Crippen LogP contribution is 2.34. The molecule has 25 heavy (non-hydrogen) atoms. The summed E-state index contributed by atoms with van der Waals surface area (Å²) in [5, 5.41) is 2.58. The van der Waals surface area contributed by atoms with Crippen LogP contribution in [0.5, 0.6) is 5.75 Å². The number of carbonyl (C=O) groups excluding carboxylic acids is 2. The van der Waals surface area contributed by atoms with Gasteiger partial charge in [0.25, 0.3) is 11.8 Å². The van der Waals surface area contributed by atoms with Gasteiger partial charge in [0, 0.05) is 32.4 Å². The van der Waals surface area contributed by atoms with Crippen LogP contribution >= 0.6 is 0 Å². The van der Waals surface area contributed by atoms with E-state index in [1.165, 1.54) is 0 Å². The third-order valence-corrected chi connectivity index (χ3v) is 4.17. The highest BCUT2D eigenvalue weighted by molar-refractivity contribution is 6.08. The first kappa shape index (κ1) is 16.8. The van der Waals surface area contributed by atoms with Crippen molar-refractivity contribution in [2.45, 2.75) is 6.10 Å². The summed E-state index contributed by atoms with van der Waals surface area (Å²) in [6.07, 6.45) is -0.735. The summed E-state index contributed by atoms with van der Waals surface area (Å²) in [7, 11) is 5.41. The van der Waals surface area contributed by atoms with Gasteiger partial charge in [-0.05, 0) is 30.3 Å². The minimum Gasteiger partial charge on any atom is -0.477 e. The minimum absolute atomic E-state index is 0.159. The van der Waals surface area contributed by atoms with E-state index >= 15 is 0 Å². The van der Waals surface area contributed by atoms with Gasteiger partial charge in [-0.1, -0.05) is 18.2 Å². The third-order valence-electron chi connectivity index (χ3n) is 4.17. The normalized spacial score (nSPS) is 15.8. The van der Waals surface area contributed by atoms with Crippen molar-refractivity contribution < 1.29 is 14.3 Å². The average Bonchev–Trinajstić information content (AvgIpc) is 2.65. The number of fused-ring (bicyclic) bond motifs is 1. The van der Waals surface area contributed by atoms with Crippen LogP contribution in [0.4, 0.5) is 11.4 Å². The van der Waals surface area contributed by atoms with Crippen molar-refractivity contribution in [2.75, 3.05) is 37.5 Å². The van der Waals surface area contributed by atoms with Gasteiger partial charge in [-0.2, -0.15) is 0 Å². The molecule has 1 aliphatic rings. The summed E-state index contributed by atoms with van der Waals surface area (Å²) in [5.41, 5.74) is 2.18. The number of likely N-dealkylation sites (N-methyl/N-ethyl adjacent to an activating group) is 1. The zero-order valence-corrected chi connectivity index (χ0v) is 14.5. The SMILES string of the molecule is CNC(=O)[C@H]1CN(C(=O)c2cccc(N(C)C)c2)c2ccccc2O1. The summed E-state index contributed by atoms with van der Waals surface area (Å²) in [6.45, 7) is 0.168. The predicted molar refractivity (Wildman–Crippen MR) is 97.4 cm³/mol. The van der Waals surface area contributed by atoms with Crippen molar-refractivity contribution in [1.29, 1.82) is 0 Å². The summed E-state index contributed by atoms with van der Waals surface area (Å²) in [6, 6.07) is 14.7. The lowest BCUT2D eigenvalue weighted by molar-refractivity contribution is -0.127. The predicted octanol–water partition coefficient (Wildman–Crippen LogP) is 1.91. The lowest BCUT2D eigenvalue weighted by atomic mass is 10.1. The summed E-state index contributed by atoms with van der Waals surface area (Å²) in [4.78, 5) is 28.7. The van der Waals surface area contributed by atoms with Crippen LogP contribution in [0, 0.1) is 0 Å². The van der Waals surface area contributed by atoms with E-state index in [0.29, 0.717) is 17.0 Å². The molecule has 1 aliphatic heterocycles. The Kier molecular flexibility index (Phi) is 4.61. The molecule has 0 saturated heterocycles. The Morgan fingerprint density at radius 1 is 1.16 bits per heavy atom. The van der Waals surface area contributed by atoms with Crippen molar-refractivity contribution in [3.05, 3.63) is 54.1 Å². The molecule has 6 nitrogen and oxygen atoms in total. The molecule has 6 heteroatoms. The maximum Gasteiger partial charge on any atom is 0.262 e. The Morgan fingerprint density at radius 3 is 2.64 bits per heavy atom. The van der Waals surface area contributed by atoms with Gasteiger partial charge in [0.2, 0.25) is 0 Å². The zero-order chi connectivity index (χ0) is 18.0. The zero-order valence-electron chi connectivity index (χ0n) is 14.5. The first-order valence-corrected chi connectivity index (χ1v) is 8.08. The number of para-hydroxylation sites is 2. The van der Waals surface area contributed by atoms with Crippen LogP contribution in [0.15, 0.2) is 48.5 Å². The van der Waals surface area contributed by atoms with E-state index in [2.05, 4.69) is 5.32 Å². The van der Waals surface area contributed by atoms with E-state index in [1.807, 2.05) is 55.4 Å². The van der Waals surface area contributed by atoms with Crippen LogP contribution in [-0.2, 0) is 4.79 Å². The molecule has 3 rings (SSSR count). The first-order valence-electron chi connectivity index (χ1n) is 8.08. The van der Waals surface area contributed by atoms with Crippen LogP contribution in [0.2, 0.25) is 0 Å². The number of nitrogens with zero attached hydrogens (tertiary/aromatic N) is 2. The van der Waals surface area contributed by atoms with Crippen LogP contribution in [0.3, 0.4) is 0 Å². The molecule has 0 bridgehead atoms. The quantitative estimate of drug-likeness (QED) is 0.928. The minimum atomic E-state index is -0.735. The van der Waals surface area contributed by atoms with E-state index in [9.17, 15) is 9.59 Å². The summed E-state index contributed by atoms with van der Waals surface area (Å²) < 4.78 is 5.75. The van der Waals surface area contributed by atoms with E-state index in [1.54, 1.807) is 24.1 Å². The fourth-order valence-electron chi connectivity index (χ4n) is 2.80. The van der Waals surface area contributed by atoms with Crippen LogP contribution in [0.1, 0.15) is 10.4 Å². The Bertz CT molecular complexity index is 804. The summed E-state index contributed by atoms with van der Waals surface area (Å²) in [5.74, 6) is 0.113. The van der Waals surface area contributed by atoms with Crippen molar-refractivity contribution in [3.63, 3.8) is 0 Å². The van der Waals surface area contributed by atoms with Crippen molar-refractivity contribution >= 4 is 23.2 Å². The van der Waals surface area contributed by atoms with Gasteiger partial charge in [0.15, 0.2) is 6.10 Å². The number of anilines is 2.